The number of hydrogen-bond acceptors (Lipinski definition) is 8. The van der Waals surface area contributed by atoms with Gasteiger partial charge in [-0.25, -0.2) is 14.4 Å². The van der Waals surface area contributed by atoms with Crippen LogP contribution in [0.3, 0.4) is 0 Å². The molecule has 0 amide bonds. The first kappa shape index (κ1) is 18.9. The Hall–Kier alpha value is -3.14. The number of rotatable bonds is 4. The number of hydrogen-bond donors (Lipinski definition) is 2. The Morgan fingerprint density at radius 3 is 2.90 bits per heavy atom. The van der Waals surface area contributed by atoms with Crippen LogP contribution in [0.25, 0.3) is 17.0 Å². The third kappa shape index (κ3) is 3.36. The summed E-state index contributed by atoms with van der Waals surface area (Å²) in [6.45, 7) is 4.18. The highest BCUT2D eigenvalue weighted by atomic mass is 32.1. The molecule has 0 saturated carbocycles. The van der Waals surface area contributed by atoms with Gasteiger partial charge < -0.3 is 11.1 Å². The molecule has 0 radical (unpaired) electrons. The van der Waals surface area contributed by atoms with Gasteiger partial charge in [0, 0.05) is 34.7 Å². The normalized spacial score (nSPS) is 16.2. The average Bonchev–Trinajstić information content (AvgIpc) is 3.30. The van der Waals surface area contributed by atoms with E-state index < -0.39 is 5.82 Å². The zero-order chi connectivity index (χ0) is 20.8. The number of pyridine rings is 1. The first-order chi connectivity index (χ1) is 14.5. The van der Waals surface area contributed by atoms with Gasteiger partial charge in [0.1, 0.15) is 5.82 Å². The molecule has 1 aliphatic carbocycles. The van der Waals surface area contributed by atoms with Crippen LogP contribution in [0.15, 0.2) is 24.7 Å². The van der Waals surface area contributed by atoms with Crippen molar-refractivity contribution in [3.8, 4) is 11.4 Å². The van der Waals surface area contributed by atoms with Gasteiger partial charge in [0.05, 0.1) is 18.1 Å². The predicted molar refractivity (Wildman–Crippen MR) is 114 cm³/mol. The highest BCUT2D eigenvalue weighted by molar-refractivity contribution is 7.15. The second-order valence-electron chi connectivity index (χ2n) is 7.76. The average molecular weight is 425 g/mol. The second-order valence-corrected chi connectivity index (χ2v) is 8.87. The van der Waals surface area contributed by atoms with Crippen LogP contribution >= 0.6 is 11.3 Å². The van der Waals surface area contributed by atoms with Gasteiger partial charge in [0.2, 0.25) is 5.95 Å². The molecule has 0 fully saturated rings. The van der Waals surface area contributed by atoms with E-state index in [0.29, 0.717) is 28.1 Å². The van der Waals surface area contributed by atoms with Crippen LogP contribution in [0.4, 0.5) is 15.5 Å². The Labute approximate surface area is 176 Å². The Bertz CT molecular complexity index is 1230. The predicted octanol–water partition coefficient (Wildman–Crippen LogP) is 3.46. The summed E-state index contributed by atoms with van der Waals surface area (Å²) < 4.78 is 15.5. The molecule has 8 nitrogen and oxygen atoms in total. The van der Waals surface area contributed by atoms with Crippen molar-refractivity contribution in [3.05, 3.63) is 46.6 Å². The van der Waals surface area contributed by atoms with E-state index in [4.69, 9.17) is 5.73 Å². The van der Waals surface area contributed by atoms with E-state index in [1.54, 1.807) is 10.7 Å². The molecule has 3 N–H and O–H groups in total. The van der Waals surface area contributed by atoms with Gasteiger partial charge in [-0.2, -0.15) is 14.6 Å². The Morgan fingerprint density at radius 1 is 1.23 bits per heavy atom. The van der Waals surface area contributed by atoms with E-state index in [-0.39, 0.29) is 12.0 Å². The number of aryl methyl sites for hydroxylation is 1. The number of halogens is 1. The molecule has 0 aromatic carbocycles. The maximum absolute atomic E-state index is 13.8. The van der Waals surface area contributed by atoms with Gasteiger partial charge in [-0.05, 0) is 24.8 Å². The molecule has 0 aliphatic heterocycles. The highest BCUT2D eigenvalue weighted by Gasteiger charge is 2.24. The lowest BCUT2D eigenvalue weighted by Gasteiger charge is -2.23. The highest BCUT2D eigenvalue weighted by Crippen LogP contribution is 2.30. The quantitative estimate of drug-likeness (QED) is 0.517. The molecule has 0 unspecified atom stereocenters. The van der Waals surface area contributed by atoms with Crippen molar-refractivity contribution in [2.75, 3.05) is 11.1 Å². The van der Waals surface area contributed by atoms with Crippen molar-refractivity contribution in [1.29, 1.82) is 0 Å². The van der Waals surface area contributed by atoms with E-state index in [1.165, 1.54) is 28.5 Å². The molecular formula is C20H21FN8S. The molecule has 0 bridgehead atoms. The second kappa shape index (κ2) is 7.28. The van der Waals surface area contributed by atoms with Gasteiger partial charge in [-0.3, -0.25) is 4.98 Å². The molecule has 5 rings (SSSR count). The summed E-state index contributed by atoms with van der Waals surface area (Å²) in [5.41, 5.74) is 9.21. The summed E-state index contributed by atoms with van der Waals surface area (Å²) in [5, 5.41) is 8.65. The van der Waals surface area contributed by atoms with E-state index in [2.05, 4.69) is 44.2 Å². The van der Waals surface area contributed by atoms with Crippen LogP contribution in [0.2, 0.25) is 0 Å². The number of nitrogens with zero attached hydrogens (tertiary/aromatic N) is 6. The van der Waals surface area contributed by atoms with Crippen LogP contribution in [0.5, 0.6) is 0 Å². The van der Waals surface area contributed by atoms with Crippen molar-refractivity contribution in [2.24, 2.45) is 0 Å². The van der Waals surface area contributed by atoms with Gasteiger partial charge in [0.15, 0.2) is 16.6 Å². The van der Waals surface area contributed by atoms with Crippen molar-refractivity contribution < 1.29 is 4.39 Å². The van der Waals surface area contributed by atoms with E-state index in [9.17, 15) is 4.39 Å². The summed E-state index contributed by atoms with van der Waals surface area (Å²) in [7, 11) is 0. The third-order valence-electron chi connectivity index (χ3n) is 5.27. The fourth-order valence-corrected chi connectivity index (χ4v) is 4.72. The maximum atomic E-state index is 13.8. The van der Waals surface area contributed by atoms with Crippen molar-refractivity contribution in [1.82, 2.24) is 29.5 Å². The topological polar surface area (TPSA) is 107 Å². The van der Waals surface area contributed by atoms with Crippen molar-refractivity contribution in [2.45, 2.75) is 45.1 Å². The molecular weight excluding hydrogens is 403 g/mol. The summed E-state index contributed by atoms with van der Waals surface area (Å²) in [5.74, 6) is 0.807. The number of thiazole rings is 1. The van der Waals surface area contributed by atoms with Gasteiger partial charge in [-0.1, -0.05) is 13.8 Å². The fourth-order valence-electron chi connectivity index (χ4n) is 3.76. The van der Waals surface area contributed by atoms with E-state index in [1.807, 2.05) is 6.20 Å². The molecule has 1 atom stereocenters. The fraction of sp³-hybridized carbons (Fsp3) is 0.350. The Balaban J connectivity index is 1.56. The summed E-state index contributed by atoms with van der Waals surface area (Å²) in [4.78, 5) is 18.9. The number of nitrogen functional groups attached to an aromatic ring is 1. The minimum absolute atomic E-state index is 0.167. The third-order valence-corrected chi connectivity index (χ3v) is 6.22. The van der Waals surface area contributed by atoms with Crippen LogP contribution in [-0.4, -0.2) is 35.6 Å². The smallest absolute Gasteiger partial charge is 0.228 e. The minimum atomic E-state index is -0.425. The van der Waals surface area contributed by atoms with Crippen LogP contribution in [-0.2, 0) is 12.8 Å². The Kier molecular flexibility index (Phi) is 4.58. The molecule has 154 valence electrons. The van der Waals surface area contributed by atoms with Gasteiger partial charge in [-0.15, -0.1) is 11.3 Å². The monoisotopic (exact) mass is 424 g/mol. The molecule has 0 saturated heterocycles. The lowest BCUT2D eigenvalue weighted by atomic mass is 9.98. The van der Waals surface area contributed by atoms with Crippen molar-refractivity contribution in [3.63, 3.8) is 0 Å². The van der Waals surface area contributed by atoms with Gasteiger partial charge >= 0.3 is 0 Å². The largest absolute Gasteiger partial charge is 0.375 e. The lowest BCUT2D eigenvalue weighted by molar-refractivity contribution is 0.602. The van der Waals surface area contributed by atoms with Crippen LogP contribution in [0.1, 0.15) is 42.3 Å². The molecule has 0 spiro atoms. The Morgan fingerprint density at radius 2 is 2.10 bits per heavy atom. The molecule has 4 aromatic heterocycles. The number of aromatic nitrogens is 6. The summed E-state index contributed by atoms with van der Waals surface area (Å²) in [6, 6.07) is 1.56. The summed E-state index contributed by atoms with van der Waals surface area (Å²) in [6.07, 6.45) is 7.15. The van der Waals surface area contributed by atoms with Crippen LogP contribution in [0, 0.1) is 5.82 Å². The standard InChI is InChI=1S/C20H21FN8S/c1-10(2)14-9-24-29-18(14)27-17(11-5-12(21)8-23-7-11)28-20(29)25-13-3-4-15-16(6-13)30-19(22)26-15/h5,7-10,13H,3-4,6H2,1-2H3,(H2,22,26)(H,25,27,28)/t13-/m0/s1. The first-order valence-electron chi connectivity index (χ1n) is 9.85. The van der Waals surface area contributed by atoms with Crippen molar-refractivity contribution >= 4 is 28.1 Å². The number of nitrogens with two attached hydrogens (primary N) is 1. The van der Waals surface area contributed by atoms with E-state index >= 15 is 0 Å². The molecule has 4 heterocycles. The molecule has 4 aromatic rings. The maximum Gasteiger partial charge on any atom is 0.228 e. The zero-order valence-corrected chi connectivity index (χ0v) is 17.4. The van der Waals surface area contributed by atoms with E-state index in [0.717, 1.165) is 30.5 Å². The number of nitrogens with one attached hydrogen (secondary N) is 1. The molecule has 10 heteroatoms. The zero-order valence-electron chi connectivity index (χ0n) is 16.6. The minimum Gasteiger partial charge on any atom is -0.375 e. The van der Waals surface area contributed by atoms with Crippen LogP contribution < -0.4 is 11.1 Å². The number of fused-ring (bicyclic) bond motifs is 2. The molecule has 30 heavy (non-hydrogen) atoms. The summed E-state index contributed by atoms with van der Waals surface area (Å²) >= 11 is 1.54. The lowest BCUT2D eigenvalue weighted by Crippen LogP contribution is -2.28. The number of anilines is 2. The van der Waals surface area contributed by atoms with Gasteiger partial charge in [0.25, 0.3) is 0 Å². The first-order valence-corrected chi connectivity index (χ1v) is 10.7. The molecule has 1 aliphatic rings. The SMILES string of the molecule is CC(C)c1cnn2c(N[C@H]3CCc4nc(N)sc4C3)nc(-c3cncc(F)c3)nc12.